The van der Waals surface area contributed by atoms with Crippen molar-refractivity contribution in [2.75, 3.05) is 0 Å². The average molecular weight is 446 g/mol. The van der Waals surface area contributed by atoms with Crippen LogP contribution in [-0.4, -0.2) is 9.55 Å². The molecule has 3 aromatic rings. The molecule has 0 fully saturated rings. The van der Waals surface area contributed by atoms with Crippen LogP contribution in [0.3, 0.4) is 0 Å². The molecular weight excluding hydrogens is 436 g/mol. The third-order valence-electron chi connectivity index (χ3n) is 4.84. The summed E-state index contributed by atoms with van der Waals surface area (Å²) in [6.45, 7) is 0.0347. The Labute approximate surface area is 168 Å². The number of allylic oxidation sites excluding steroid dienone is 1. The van der Waals surface area contributed by atoms with Crippen molar-refractivity contribution in [2.24, 2.45) is 0 Å². The van der Waals surface area contributed by atoms with Crippen LogP contribution in [-0.2, 0) is 18.9 Å². The van der Waals surface area contributed by atoms with Gasteiger partial charge in [-0.25, -0.2) is 13.8 Å². The number of benzene rings is 2. The van der Waals surface area contributed by atoms with Gasteiger partial charge in [-0.15, -0.1) is 0 Å². The summed E-state index contributed by atoms with van der Waals surface area (Å²) in [6.07, 6.45) is -8.85. The molecule has 31 heavy (non-hydrogen) atoms. The summed E-state index contributed by atoms with van der Waals surface area (Å²) in [6, 6.07) is 2.52. The zero-order chi connectivity index (χ0) is 22.7. The van der Waals surface area contributed by atoms with Crippen LogP contribution in [0.25, 0.3) is 22.6 Å². The van der Waals surface area contributed by atoms with Gasteiger partial charge in [0.05, 0.1) is 22.0 Å². The highest BCUT2D eigenvalue weighted by Gasteiger charge is 2.37. The lowest BCUT2D eigenvalue weighted by molar-refractivity contribution is -0.143. The zero-order valence-electron chi connectivity index (χ0n) is 15.2. The Balaban J connectivity index is 1.89. The van der Waals surface area contributed by atoms with Gasteiger partial charge in [0.2, 0.25) is 0 Å². The van der Waals surface area contributed by atoms with E-state index in [1.807, 2.05) is 0 Å². The molecule has 0 aliphatic carbocycles. The summed E-state index contributed by atoms with van der Waals surface area (Å²) in [5.74, 6) is -2.53. The van der Waals surface area contributed by atoms with Crippen molar-refractivity contribution in [3.63, 3.8) is 0 Å². The Morgan fingerprint density at radius 1 is 0.871 bits per heavy atom. The molecule has 11 heteroatoms. The molecule has 0 amide bonds. The maximum atomic E-state index is 13.5. The van der Waals surface area contributed by atoms with E-state index in [4.69, 9.17) is 0 Å². The molecule has 0 saturated heterocycles. The van der Waals surface area contributed by atoms with E-state index in [1.54, 1.807) is 0 Å². The highest BCUT2D eigenvalue weighted by Crippen LogP contribution is 2.37. The molecule has 4 rings (SSSR count). The normalized spacial score (nSPS) is 15.7. The van der Waals surface area contributed by atoms with Crippen molar-refractivity contribution >= 4 is 22.6 Å². The number of nitrogens with zero attached hydrogens (tertiary/aromatic N) is 2. The van der Waals surface area contributed by atoms with Crippen molar-refractivity contribution in [1.82, 2.24) is 9.55 Å². The molecule has 162 valence electrons. The smallest absolute Gasteiger partial charge is 0.292 e. The van der Waals surface area contributed by atoms with Crippen LogP contribution in [0.2, 0.25) is 0 Å². The second-order valence-corrected chi connectivity index (χ2v) is 6.93. The predicted molar refractivity (Wildman–Crippen MR) is 94.9 cm³/mol. The standard InChI is InChI=1S/C20H10F8N2O/c21-14-7-13-16(8-15(14)22)29-17-10(1-2-30(17)18(13)31)3-9-4-11(19(23,24)25)6-12(5-9)20(26,27)28/h3-8H,1-2H2/b10-3+. The lowest BCUT2D eigenvalue weighted by Crippen LogP contribution is -2.21. The Bertz CT molecular complexity index is 1270. The Hall–Kier alpha value is -3.24. The largest absolute Gasteiger partial charge is 0.416 e. The van der Waals surface area contributed by atoms with Crippen LogP contribution in [0.1, 0.15) is 28.9 Å². The number of fused-ring (bicyclic) bond motifs is 2. The second-order valence-electron chi connectivity index (χ2n) is 6.93. The van der Waals surface area contributed by atoms with Gasteiger partial charge in [-0.1, -0.05) is 0 Å². The minimum atomic E-state index is -5.00. The first-order valence-electron chi connectivity index (χ1n) is 8.74. The summed E-state index contributed by atoms with van der Waals surface area (Å²) in [7, 11) is 0. The topological polar surface area (TPSA) is 34.9 Å². The minimum Gasteiger partial charge on any atom is -0.292 e. The van der Waals surface area contributed by atoms with Gasteiger partial charge in [0.25, 0.3) is 5.56 Å². The van der Waals surface area contributed by atoms with Gasteiger partial charge in [0.1, 0.15) is 5.82 Å². The van der Waals surface area contributed by atoms with Crippen LogP contribution >= 0.6 is 0 Å². The summed E-state index contributed by atoms with van der Waals surface area (Å²) in [4.78, 5) is 16.6. The fourth-order valence-electron chi connectivity index (χ4n) is 3.41. The fraction of sp³-hybridized carbons (Fsp3) is 0.200. The van der Waals surface area contributed by atoms with Gasteiger partial charge in [0, 0.05) is 12.6 Å². The summed E-state index contributed by atoms with van der Waals surface area (Å²) in [5.41, 5.74) is -4.02. The lowest BCUT2D eigenvalue weighted by Gasteiger charge is -2.13. The number of rotatable bonds is 1. The molecule has 1 aliphatic heterocycles. The third kappa shape index (κ3) is 3.79. The van der Waals surface area contributed by atoms with Crippen LogP contribution in [0, 0.1) is 11.6 Å². The molecule has 0 bridgehead atoms. The van der Waals surface area contributed by atoms with E-state index in [2.05, 4.69) is 4.98 Å². The van der Waals surface area contributed by atoms with Gasteiger partial charge in [0.15, 0.2) is 11.6 Å². The van der Waals surface area contributed by atoms with Crippen LogP contribution in [0.5, 0.6) is 0 Å². The van der Waals surface area contributed by atoms with Gasteiger partial charge in [-0.05, 0) is 47.9 Å². The molecule has 2 heterocycles. The van der Waals surface area contributed by atoms with E-state index in [0.29, 0.717) is 24.3 Å². The molecule has 1 aromatic heterocycles. The first-order valence-corrected chi connectivity index (χ1v) is 8.74. The second kappa shape index (κ2) is 6.89. The number of halogens is 8. The van der Waals surface area contributed by atoms with Crippen LogP contribution in [0.15, 0.2) is 35.1 Å². The van der Waals surface area contributed by atoms with Crippen molar-refractivity contribution in [3.8, 4) is 0 Å². The molecule has 1 aliphatic rings. The van der Waals surface area contributed by atoms with Gasteiger partial charge < -0.3 is 0 Å². The first-order chi connectivity index (χ1) is 14.3. The Kier molecular flexibility index (Phi) is 4.67. The van der Waals surface area contributed by atoms with E-state index in [1.165, 1.54) is 0 Å². The summed E-state index contributed by atoms with van der Waals surface area (Å²) in [5, 5.41) is -0.192. The average Bonchev–Trinajstić information content (AvgIpc) is 3.05. The van der Waals surface area contributed by atoms with E-state index in [9.17, 15) is 39.9 Å². The first kappa shape index (κ1) is 21.0. The molecule has 0 radical (unpaired) electrons. The monoisotopic (exact) mass is 446 g/mol. The van der Waals surface area contributed by atoms with E-state index < -0.39 is 40.7 Å². The lowest BCUT2D eigenvalue weighted by atomic mass is 10.0. The third-order valence-corrected chi connectivity index (χ3v) is 4.84. The molecule has 0 unspecified atom stereocenters. The highest BCUT2D eigenvalue weighted by molar-refractivity contribution is 5.85. The quantitative estimate of drug-likeness (QED) is 0.453. The molecule has 0 saturated carbocycles. The fourth-order valence-corrected chi connectivity index (χ4v) is 3.41. The van der Waals surface area contributed by atoms with Crippen molar-refractivity contribution in [1.29, 1.82) is 0 Å². The number of alkyl halides is 6. The van der Waals surface area contributed by atoms with E-state index in [-0.39, 0.29) is 46.9 Å². The predicted octanol–water partition coefficient (Wildman–Crippen LogP) is 5.66. The molecule has 0 N–H and O–H groups in total. The van der Waals surface area contributed by atoms with Gasteiger partial charge >= 0.3 is 12.4 Å². The molecule has 2 aromatic carbocycles. The number of hydrogen-bond donors (Lipinski definition) is 0. The summed E-state index contributed by atoms with van der Waals surface area (Å²) >= 11 is 0. The minimum absolute atomic E-state index is 0.0121. The molecule has 3 nitrogen and oxygen atoms in total. The van der Waals surface area contributed by atoms with Crippen molar-refractivity contribution in [3.05, 3.63) is 74.8 Å². The van der Waals surface area contributed by atoms with Gasteiger partial charge in [-0.3, -0.25) is 9.36 Å². The van der Waals surface area contributed by atoms with Crippen molar-refractivity contribution in [2.45, 2.75) is 25.3 Å². The van der Waals surface area contributed by atoms with Crippen LogP contribution in [0.4, 0.5) is 35.1 Å². The summed E-state index contributed by atoms with van der Waals surface area (Å²) < 4.78 is 107. The van der Waals surface area contributed by atoms with Crippen LogP contribution < -0.4 is 5.56 Å². The van der Waals surface area contributed by atoms with Gasteiger partial charge in [-0.2, -0.15) is 26.3 Å². The van der Waals surface area contributed by atoms with E-state index >= 15 is 0 Å². The number of aromatic nitrogens is 2. The maximum Gasteiger partial charge on any atom is 0.416 e. The highest BCUT2D eigenvalue weighted by atomic mass is 19.4. The molecule has 0 spiro atoms. The van der Waals surface area contributed by atoms with Crippen molar-refractivity contribution < 1.29 is 35.1 Å². The SMILES string of the molecule is O=c1c2cc(F)c(F)cc2nc2n1CC/C2=C\c1cc(C(F)(F)F)cc(C(F)(F)F)c1. The zero-order valence-corrected chi connectivity index (χ0v) is 15.2. The molecule has 0 atom stereocenters. The number of hydrogen-bond acceptors (Lipinski definition) is 2. The Morgan fingerprint density at radius 3 is 2.03 bits per heavy atom. The maximum absolute atomic E-state index is 13.5. The van der Waals surface area contributed by atoms with E-state index in [0.717, 1.165) is 10.6 Å². The molecular formula is C20H10F8N2O. The Morgan fingerprint density at radius 2 is 1.45 bits per heavy atom.